The van der Waals surface area contributed by atoms with Gasteiger partial charge in [-0.25, -0.2) is 4.79 Å². The molecule has 1 fully saturated rings. The maximum atomic E-state index is 12.7. The summed E-state index contributed by atoms with van der Waals surface area (Å²) in [6, 6.07) is 8.01. The second kappa shape index (κ2) is 9.07. The minimum atomic E-state index is -1.55. The first-order chi connectivity index (χ1) is 12.0. The van der Waals surface area contributed by atoms with Crippen molar-refractivity contribution in [1.29, 1.82) is 0 Å². The Labute approximate surface area is 149 Å². The molecular formula is C15H20ClN3O6. The summed E-state index contributed by atoms with van der Waals surface area (Å²) in [5.74, 6) is -0.00786. The minimum absolute atomic E-state index is 0.00147. The van der Waals surface area contributed by atoms with E-state index in [-0.39, 0.29) is 25.6 Å². The van der Waals surface area contributed by atoms with Gasteiger partial charge in [0, 0.05) is 5.88 Å². The van der Waals surface area contributed by atoms with Crippen LogP contribution in [0, 0.1) is 4.91 Å². The van der Waals surface area contributed by atoms with Crippen LogP contribution in [-0.4, -0.2) is 74.8 Å². The van der Waals surface area contributed by atoms with E-state index in [2.05, 4.69) is 5.29 Å². The molecule has 138 valence electrons. The van der Waals surface area contributed by atoms with Crippen molar-refractivity contribution in [1.82, 2.24) is 9.91 Å². The molecule has 0 aromatic heterocycles. The zero-order valence-corrected chi connectivity index (χ0v) is 14.1. The minimum Gasteiger partial charge on any atom is -0.388 e. The molecule has 25 heavy (non-hydrogen) atoms. The fourth-order valence-electron chi connectivity index (χ4n) is 2.51. The van der Waals surface area contributed by atoms with Crippen LogP contribution < -0.4 is 0 Å². The molecule has 1 saturated heterocycles. The lowest BCUT2D eigenvalue weighted by Gasteiger charge is -2.41. The number of alkyl halides is 1. The predicted octanol–water partition coefficient (Wildman–Crippen LogP) is 0.270. The van der Waals surface area contributed by atoms with E-state index in [1.54, 1.807) is 30.3 Å². The highest BCUT2D eigenvalue weighted by atomic mass is 35.5. The Morgan fingerprint density at radius 3 is 2.52 bits per heavy atom. The number of nitroso groups, excluding NO2 is 1. The normalized spacial score (nSPS) is 26.1. The number of hydrogen-bond acceptors (Lipinski definition) is 7. The number of aliphatic hydroxyl groups excluding tert-OH is 3. The van der Waals surface area contributed by atoms with Gasteiger partial charge < -0.3 is 20.1 Å². The van der Waals surface area contributed by atoms with E-state index in [1.807, 2.05) is 0 Å². The van der Waals surface area contributed by atoms with E-state index in [0.717, 1.165) is 4.90 Å². The van der Waals surface area contributed by atoms with Crippen molar-refractivity contribution in [2.24, 2.45) is 5.29 Å². The topological polar surface area (TPSA) is 123 Å². The molecule has 0 unspecified atom stereocenters. The average Bonchev–Trinajstić information content (AvgIpc) is 2.63. The molecule has 0 saturated carbocycles. The third-order valence-corrected chi connectivity index (χ3v) is 4.01. The van der Waals surface area contributed by atoms with E-state index >= 15 is 0 Å². The number of ether oxygens (including phenoxy) is 1. The van der Waals surface area contributed by atoms with Crippen molar-refractivity contribution in [2.75, 3.05) is 19.0 Å². The Bertz CT molecular complexity index is 578. The lowest BCUT2D eigenvalue weighted by Crippen LogP contribution is -2.61. The molecule has 0 bridgehead atoms. The van der Waals surface area contributed by atoms with E-state index in [4.69, 9.17) is 16.3 Å². The van der Waals surface area contributed by atoms with Crippen LogP contribution in [0.25, 0.3) is 0 Å². The van der Waals surface area contributed by atoms with Gasteiger partial charge in [-0.15, -0.1) is 16.5 Å². The number of benzene rings is 1. The Kier molecular flexibility index (Phi) is 7.09. The molecule has 2 amide bonds. The average molecular weight is 374 g/mol. The first-order valence-corrected chi connectivity index (χ1v) is 8.20. The first-order valence-electron chi connectivity index (χ1n) is 7.66. The number of urea groups is 1. The zero-order chi connectivity index (χ0) is 18.4. The molecule has 10 heteroatoms. The van der Waals surface area contributed by atoms with Gasteiger partial charge in [-0.05, 0) is 5.56 Å². The van der Waals surface area contributed by atoms with E-state index in [1.165, 1.54) is 0 Å². The lowest BCUT2D eigenvalue weighted by atomic mass is 10.0. The summed E-state index contributed by atoms with van der Waals surface area (Å²) in [6.07, 6.45) is -5.58. The largest absolute Gasteiger partial charge is 0.388 e. The van der Waals surface area contributed by atoms with Crippen molar-refractivity contribution in [3.05, 3.63) is 40.8 Å². The smallest absolute Gasteiger partial charge is 0.345 e. The summed E-state index contributed by atoms with van der Waals surface area (Å²) in [5, 5.41) is 32.9. The monoisotopic (exact) mass is 373 g/mol. The molecule has 0 aliphatic carbocycles. The van der Waals surface area contributed by atoms with Crippen LogP contribution in [0.1, 0.15) is 5.56 Å². The van der Waals surface area contributed by atoms with Crippen molar-refractivity contribution >= 4 is 17.6 Å². The van der Waals surface area contributed by atoms with Crippen LogP contribution in [0.15, 0.2) is 35.6 Å². The van der Waals surface area contributed by atoms with Gasteiger partial charge in [0.15, 0.2) is 6.23 Å². The summed E-state index contributed by atoms with van der Waals surface area (Å²) >= 11 is 5.58. The summed E-state index contributed by atoms with van der Waals surface area (Å²) < 4.78 is 5.34. The van der Waals surface area contributed by atoms with Crippen LogP contribution in [0.3, 0.4) is 0 Å². The number of carbonyl (C=O) groups excluding carboxylic acids is 1. The Hall–Kier alpha value is -1.78. The van der Waals surface area contributed by atoms with Gasteiger partial charge in [-0.3, -0.25) is 4.90 Å². The predicted molar refractivity (Wildman–Crippen MR) is 88.4 cm³/mol. The van der Waals surface area contributed by atoms with Crippen molar-refractivity contribution < 1.29 is 24.9 Å². The molecule has 9 nitrogen and oxygen atoms in total. The Balaban J connectivity index is 2.28. The number of rotatable bonds is 6. The summed E-state index contributed by atoms with van der Waals surface area (Å²) in [6.45, 7) is -0.396. The third-order valence-electron chi connectivity index (χ3n) is 3.84. The van der Waals surface area contributed by atoms with Crippen LogP contribution in [-0.2, 0) is 11.3 Å². The molecule has 2 rings (SSSR count). The maximum Gasteiger partial charge on any atom is 0.345 e. The second-order valence-electron chi connectivity index (χ2n) is 5.56. The molecule has 1 aliphatic heterocycles. The van der Waals surface area contributed by atoms with Gasteiger partial charge >= 0.3 is 6.03 Å². The number of aliphatic hydroxyl groups is 3. The second-order valence-corrected chi connectivity index (χ2v) is 5.94. The first kappa shape index (κ1) is 19.5. The van der Waals surface area contributed by atoms with Crippen LogP contribution in [0.2, 0.25) is 0 Å². The highest BCUT2D eigenvalue weighted by molar-refractivity contribution is 6.18. The number of nitrogens with zero attached hydrogens (tertiary/aromatic N) is 3. The maximum absolute atomic E-state index is 12.7. The summed E-state index contributed by atoms with van der Waals surface area (Å²) in [4.78, 5) is 24.7. The fourth-order valence-corrected chi connectivity index (χ4v) is 2.67. The van der Waals surface area contributed by atoms with E-state index in [0.29, 0.717) is 10.6 Å². The van der Waals surface area contributed by atoms with Gasteiger partial charge in [0.25, 0.3) is 0 Å². The van der Waals surface area contributed by atoms with Gasteiger partial charge in [0.2, 0.25) is 0 Å². The van der Waals surface area contributed by atoms with Crippen molar-refractivity contribution in [3.8, 4) is 0 Å². The van der Waals surface area contributed by atoms with Crippen LogP contribution in [0.5, 0.6) is 0 Å². The standard InChI is InChI=1S/C15H20ClN3O6/c16-6-7-19(17-24)15(23)18(8-10-4-2-1-3-5-10)14-13(22)12(21)11(20)9-25-14/h1-5,11-14,20-22H,6-9H2/t11-,12-,13+,14-/m1/s1. The number of amides is 2. The van der Waals surface area contributed by atoms with Crippen LogP contribution in [0.4, 0.5) is 4.79 Å². The van der Waals surface area contributed by atoms with Gasteiger partial charge in [-0.2, -0.15) is 5.01 Å². The Morgan fingerprint density at radius 1 is 1.24 bits per heavy atom. The van der Waals surface area contributed by atoms with Gasteiger partial charge in [-0.1, -0.05) is 30.3 Å². The summed E-state index contributed by atoms with van der Waals surface area (Å²) in [7, 11) is 0. The number of carbonyl (C=O) groups is 1. The number of halogens is 1. The van der Waals surface area contributed by atoms with Gasteiger partial charge in [0.1, 0.15) is 18.3 Å². The van der Waals surface area contributed by atoms with Gasteiger partial charge in [0.05, 0.1) is 25.0 Å². The number of hydrogen-bond donors (Lipinski definition) is 3. The van der Waals surface area contributed by atoms with Crippen molar-refractivity contribution in [2.45, 2.75) is 31.1 Å². The quantitative estimate of drug-likeness (QED) is 0.373. The SMILES string of the molecule is O=NN(CCCl)C(=O)N(Cc1ccccc1)[C@@H]1OC[C@@H](O)[C@@H](O)[C@@H]1O. The van der Waals surface area contributed by atoms with Crippen molar-refractivity contribution in [3.63, 3.8) is 0 Å². The molecule has 3 N–H and O–H groups in total. The molecule has 0 spiro atoms. The van der Waals surface area contributed by atoms with E-state index < -0.39 is 30.6 Å². The zero-order valence-electron chi connectivity index (χ0n) is 13.3. The van der Waals surface area contributed by atoms with Crippen LogP contribution >= 0.6 is 11.6 Å². The Morgan fingerprint density at radius 2 is 1.92 bits per heavy atom. The fraction of sp³-hybridized carbons (Fsp3) is 0.533. The molecular weight excluding hydrogens is 354 g/mol. The summed E-state index contributed by atoms with van der Waals surface area (Å²) in [5.41, 5.74) is 0.712. The highest BCUT2D eigenvalue weighted by Crippen LogP contribution is 2.22. The highest BCUT2D eigenvalue weighted by Gasteiger charge is 2.43. The third kappa shape index (κ3) is 4.65. The molecule has 0 radical (unpaired) electrons. The molecule has 4 atom stereocenters. The van der Waals surface area contributed by atoms with E-state index in [9.17, 15) is 25.0 Å². The molecule has 1 aromatic rings. The molecule has 1 heterocycles. The molecule has 1 aliphatic rings. The molecule has 1 aromatic carbocycles. The lowest BCUT2D eigenvalue weighted by molar-refractivity contribution is -0.221.